The highest BCUT2D eigenvalue weighted by molar-refractivity contribution is 6.24. The third kappa shape index (κ3) is 1.58. The lowest BCUT2D eigenvalue weighted by atomic mass is 9.96. The first kappa shape index (κ1) is 10.7. The number of Topliss-reactive ketones (excluding diaryl/α,β-unsaturated/α-hetero) is 1. The molecule has 0 bridgehead atoms. The molecule has 3 heteroatoms. The van der Waals surface area contributed by atoms with Crippen molar-refractivity contribution >= 4 is 11.4 Å². The van der Waals surface area contributed by atoms with Gasteiger partial charge in [0.25, 0.3) is 0 Å². The van der Waals surface area contributed by atoms with E-state index in [1.807, 2.05) is 6.92 Å². The lowest BCUT2D eigenvalue weighted by molar-refractivity contribution is -0.116. The minimum absolute atomic E-state index is 0.0498. The topological polar surface area (TPSA) is 57.5 Å². The third-order valence-corrected chi connectivity index (χ3v) is 2.97. The first-order chi connectivity index (χ1) is 7.50. The van der Waals surface area contributed by atoms with Gasteiger partial charge in [0.05, 0.1) is 5.57 Å². The highest BCUT2D eigenvalue weighted by Gasteiger charge is 2.31. The molecule has 0 aromatic heterocycles. The summed E-state index contributed by atoms with van der Waals surface area (Å²) >= 11 is 0. The van der Waals surface area contributed by atoms with Crippen LogP contribution in [0.2, 0.25) is 0 Å². The molecule has 1 aromatic carbocycles. The Hall–Kier alpha value is -1.77. The summed E-state index contributed by atoms with van der Waals surface area (Å²) in [6.45, 7) is 3.65. The molecular formula is C13H14O3. The highest BCUT2D eigenvalue weighted by atomic mass is 16.3. The molecule has 2 rings (SSSR count). The molecule has 0 aliphatic heterocycles. The molecule has 1 atom stereocenters. The van der Waals surface area contributed by atoms with Crippen molar-refractivity contribution in [2.45, 2.75) is 20.3 Å². The smallest absolute Gasteiger partial charge is 0.170 e. The van der Waals surface area contributed by atoms with Crippen molar-refractivity contribution in [1.29, 1.82) is 0 Å². The number of aliphatic hydroxyl groups is 1. The molecule has 0 saturated heterocycles. The van der Waals surface area contributed by atoms with E-state index < -0.39 is 0 Å². The molecule has 1 aliphatic rings. The van der Waals surface area contributed by atoms with E-state index in [0.29, 0.717) is 17.6 Å². The van der Waals surface area contributed by atoms with Gasteiger partial charge in [-0.05, 0) is 30.2 Å². The van der Waals surface area contributed by atoms with Crippen LogP contribution in [-0.2, 0) is 4.79 Å². The zero-order valence-electron chi connectivity index (χ0n) is 9.32. The van der Waals surface area contributed by atoms with Crippen LogP contribution in [0.4, 0.5) is 0 Å². The Labute approximate surface area is 94.0 Å². The minimum Gasteiger partial charge on any atom is -0.512 e. The van der Waals surface area contributed by atoms with E-state index in [9.17, 15) is 15.0 Å². The number of carbonyl (C=O) groups is 1. The Morgan fingerprint density at radius 1 is 1.31 bits per heavy atom. The molecule has 1 aromatic rings. The van der Waals surface area contributed by atoms with E-state index in [-0.39, 0.29) is 23.2 Å². The predicted octanol–water partition coefficient (Wildman–Crippen LogP) is 2.58. The number of ketones is 1. The second-order valence-electron chi connectivity index (χ2n) is 4.29. The number of aryl methyl sites for hydroxylation is 1. The molecule has 0 amide bonds. The lowest BCUT2D eigenvalue weighted by Crippen LogP contribution is -2.06. The first-order valence-electron chi connectivity index (χ1n) is 5.27. The van der Waals surface area contributed by atoms with Crippen LogP contribution in [-0.4, -0.2) is 16.0 Å². The van der Waals surface area contributed by atoms with E-state index >= 15 is 0 Å². The number of aliphatic hydroxyl groups excluding tert-OH is 1. The Bertz CT molecular complexity index is 486. The number of carbonyl (C=O) groups excluding carboxylic acids is 1. The van der Waals surface area contributed by atoms with E-state index in [2.05, 4.69) is 0 Å². The number of aromatic hydroxyl groups is 1. The van der Waals surface area contributed by atoms with Crippen LogP contribution in [0, 0.1) is 12.8 Å². The fourth-order valence-electron chi connectivity index (χ4n) is 2.04. The van der Waals surface area contributed by atoms with Gasteiger partial charge in [0.15, 0.2) is 5.78 Å². The van der Waals surface area contributed by atoms with Gasteiger partial charge in [0.2, 0.25) is 0 Å². The van der Waals surface area contributed by atoms with Gasteiger partial charge in [0, 0.05) is 12.3 Å². The molecule has 0 radical (unpaired) electrons. The normalized spacial score (nSPS) is 20.6. The Balaban J connectivity index is 2.57. The third-order valence-electron chi connectivity index (χ3n) is 2.97. The predicted molar refractivity (Wildman–Crippen MR) is 61.2 cm³/mol. The van der Waals surface area contributed by atoms with Gasteiger partial charge in [-0.2, -0.15) is 0 Å². The summed E-state index contributed by atoms with van der Waals surface area (Å²) in [4.78, 5) is 11.9. The Kier molecular flexibility index (Phi) is 2.46. The van der Waals surface area contributed by atoms with Crippen molar-refractivity contribution in [3.8, 4) is 5.75 Å². The van der Waals surface area contributed by atoms with Crippen molar-refractivity contribution in [3.05, 3.63) is 35.1 Å². The van der Waals surface area contributed by atoms with Crippen LogP contribution in [0.3, 0.4) is 0 Å². The fraction of sp³-hybridized carbons (Fsp3) is 0.308. The zero-order chi connectivity index (χ0) is 11.9. The summed E-state index contributed by atoms with van der Waals surface area (Å²) in [7, 11) is 0. The maximum absolute atomic E-state index is 11.9. The van der Waals surface area contributed by atoms with Gasteiger partial charge in [-0.1, -0.05) is 13.0 Å². The van der Waals surface area contributed by atoms with Crippen LogP contribution in [0.5, 0.6) is 5.75 Å². The van der Waals surface area contributed by atoms with Crippen molar-refractivity contribution in [1.82, 2.24) is 0 Å². The quantitative estimate of drug-likeness (QED) is 0.761. The number of allylic oxidation sites excluding steroid dienone is 2. The van der Waals surface area contributed by atoms with Crippen LogP contribution >= 0.6 is 0 Å². The van der Waals surface area contributed by atoms with Crippen LogP contribution in [0.1, 0.15) is 24.5 Å². The number of hydrogen-bond acceptors (Lipinski definition) is 3. The minimum atomic E-state index is -0.170. The Morgan fingerprint density at radius 2 is 2.00 bits per heavy atom. The maximum atomic E-state index is 11.9. The van der Waals surface area contributed by atoms with Gasteiger partial charge in [0.1, 0.15) is 11.5 Å². The number of hydrogen-bond donors (Lipinski definition) is 2. The SMILES string of the molecule is Cc1ccc(O)cc1C1=C(O)CC(C)C1=O. The first-order valence-corrected chi connectivity index (χ1v) is 5.27. The summed E-state index contributed by atoms with van der Waals surface area (Å²) in [6.07, 6.45) is 0.392. The van der Waals surface area contributed by atoms with Crippen LogP contribution < -0.4 is 0 Å². The molecule has 0 spiro atoms. The van der Waals surface area contributed by atoms with Crippen molar-refractivity contribution in [2.24, 2.45) is 5.92 Å². The lowest BCUT2D eigenvalue weighted by Gasteiger charge is -2.07. The van der Waals surface area contributed by atoms with Gasteiger partial charge < -0.3 is 10.2 Å². The standard InChI is InChI=1S/C13H14O3/c1-7-3-4-9(14)6-10(7)12-11(15)5-8(2)13(12)16/h3-4,6,8,14-15H,5H2,1-2H3. The monoisotopic (exact) mass is 218 g/mol. The second-order valence-corrected chi connectivity index (χ2v) is 4.29. The summed E-state index contributed by atoms with van der Waals surface area (Å²) in [5.74, 6) is 0.0161. The van der Waals surface area contributed by atoms with Crippen molar-refractivity contribution in [2.75, 3.05) is 0 Å². The summed E-state index contributed by atoms with van der Waals surface area (Å²) < 4.78 is 0. The van der Waals surface area contributed by atoms with E-state index in [1.54, 1.807) is 19.1 Å². The summed E-state index contributed by atoms with van der Waals surface area (Å²) in [6, 6.07) is 4.83. The zero-order valence-corrected chi connectivity index (χ0v) is 9.32. The summed E-state index contributed by atoms with van der Waals surface area (Å²) in [5, 5.41) is 19.2. The molecule has 1 aliphatic carbocycles. The molecule has 16 heavy (non-hydrogen) atoms. The average Bonchev–Trinajstić information content (AvgIpc) is 2.46. The van der Waals surface area contributed by atoms with Crippen molar-refractivity contribution < 1.29 is 15.0 Å². The number of phenolic OH excluding ortho intramolecular Hbond substituents is 1. The largest absolute Gasteiger partial charge is 0.512 e. The van der Waals surface area contributed by atoms with Crippen LogP contribution in [0.25, 0.3) is 5.57 Å². The molecular weight excluding hydrogens is 204 g/mol. The molecule has 3 nitrogen and oxygen atoms in total. The van der Waals surface area contributed by atoms with Gasteiger partial charge >= 0.3 is 0 Å². The molecule has 1 unspecified atom stereocenters. The summed E-state index contributed by atoms with van der Waals surface area (Å²) in [5.41, 5.74) is 1.87. The average molecular weight is 218 g/mol. The number of benzene rings is 1. The molecule has 84 valence electrons. The maximum Gasteiger partial charge on any atom is 0.170 e. The van der Waals surface area contributed by atoms with E-state index in [1.165, 1.54) is 6.07 Å². The molecule has 0 fully saturated rings. The van der Waals surface area contributed by atoms with Gasteiger partial charge in [-0.3, -0.25) is 4.79 Å². The van der Waals surface area contributed by atoms with Crippen molar-refractivity contribution in [3.63, 3.8) is 0 Å². The molecule has 0 saturated carbocycles. The number of phenols is 1. The van der Waals surface area contributed by atoms with E-state index in [0.717, 1.165) is 5.56 Å². The molecule has 2 N–H and O–H groups in total. The second kappa shape index (κ2) is 3.67. The highest BCUT2D eigenvalue weighted by Crippen LogP contribution is 2.35. The van der Waals surface area contributed by atoms with Gasteiger partial charge in [-0.25, -0.2) is 0 Å². The van der Waals surface area contributed by atoms with Crippen LogP contribution in [0.15, 0.2) is 24.0 Å². The molecule has 0 heterocycles. The number of rotatable bonds is 1. The van der Waals surface area contributed by atoms with E-state index in [4.69, 9.17) is 0 Å². The Morgan fingerprint density at radius 3 is 2.56 bits per heavy atom. The van der Waals surface area contributed by atoms with Gasteiger partial charge in [-0.15, -0.1) is 0 Å². The fourth-order valence-corrected chi connectivity index (χ4v) is 2.04.